The SMILES string of the molecule is SSSSSSSSSSSSSSSS. The molecule has 0 aliphatic heterocycles. The molecule has 0 saturated carbocycles. The van der Waals surface area contributed by atoms with Gasteiger partial charge in [0.2, 0.25) is 0 Å². The Kier molecular flexibility index (Phi) is 27.8. The molecule has 0 aliphatic carbocycles. The van der Waals surface area contributed by atoms with Gasteiger partial charge in [0, 0.05) is 0 Å². The van der Waals surface area contributed by atoms with Crippen LogP contribution in [0.25, 0.3) is 0 Å². The van der Waals surface area contributed by atoms with Crippen LogP contribution in [0.2, 0.25) is 0 Å². The maximum Gasteiger partial charge on any atom is -0.0000000000000225 e. The van der Waals surface area contributed by atoms with Crippen molar-refractivity contribution >= 4 is 161 Å². The molecule has 0 aromatic heterocycles. The second-order valence-electron chi connectivity index (χ2n) is 0.966. The molecule has 0 bridgehead atoms. The standard InChI is InChI=1S/H2S16/c1-3-5-7-9-11-13-15-16-14-12-10-8-6-4-2/h1-2H. The Morgan fingerprint density at radius 1 is 0.312 bits per heavy atom. The van der Waals surface area contributed by atoms with Crippen molar-refractivity contribution in [3.8, 4) is 0 Å². The van der Waals surface area contributed by atoms with Gasteiger partial charge in [-0.2, -0.15) is 0 Å². The van der Waals surface area contributed by atoms with Crippen molar-refractivity contribution in [2.45, 2.75) is 0 Å². The van der Waals surface area contributed by atoms with E-state index in [4.69, 9.17) is 0 Å². The van der Waals surface area contributed by atoms with Crippen molar-refractivity contribution < 1.29 is 0 Å². The second-order valence-corrected chi connectivity index (χ2v) is 26.1. The summed E-state index contributed by atoms with van der Waals surface area (Å²) in [5, 5.41) is 0. The van der Waals surface area contributed by atoms with Crippen molar-refractivity contribution in [3.05, 3.63) is 0 Å². The molecular weight excluding hydrogens is 513 g/mol. The summed E-state index contributed by atoms with van der Waals surface area (Å²) < 4.78 is 0. The first kappa shape index (κ1) is 21.6. The van der Waals surface area contributed by atoms with Gasteiger partial charge in [0.25, 0.3) is 0 Å². The van der Waals surface area contributed by atoms with Crippen molar-refractivity contribution in [2.75, 3.05) is 0 Å². The molecule has 0 atom stereocenters. The Morgan fingerprint density at radius 2 is 0.500 bits per heavy atom. The van der Waals surface area contributed by atoms with E-state index in [-0.39, 0.29) is 0 Å². The van der Waals surface area contributed by atoms with E-state index < -0.39 is 0 Å². The highest BCUT2D eigenvalue weighted by Gasteiger charge is 1.98. The number of hydrogen-bond acceptors (Lipinski definition) is 16. The lowest BCUT2D eigenvalue weighted by Crippen LogP contribution is -1.32. The average molecular weight is 515 g/mol. The summed E-state index contributed by atoms with van der Waals surface area (Å²) in [5.74, 6) is 0. The molecule has 0 radical (unpaired) electrons. The Balaban J connectivity index is 2.83. The minimum absolute atomic E-state index is 1.48. The third-order valence-electron chi connectivity index (χ3n) is 0.366. The first-order valence-electron chi connectivity index (χ1n) is 2.53. The molecule has 0 aliphatic rings. The normalized spacial score (nSPS) is 10.9. The Labute approximate surface area is 157 Å². The molecule has 0 nitrogen and oxygen atoms in total. The highest BCUT2D eigenvalue weighted by Crippen LogP contribution is 2.62. The molecule has 0 aromatic carbocycles. The van der Waals surface area contributed by atoms with Gasteiger partial charge in [-0.15, -0.1) is 0 Å². The topological polar surface area (TPSA) is 0 Å². The van der Waals surface area contributed by atoms with E-state index in [1.54, 1.807) is 118 Å². The van der Waals surface area contributed by atoms with Crippen LogP contribution in [0.5, 0.6) is 0 Å². The van der Waals surface area contributed by atoms with Gasteiger partial charge in [-0.1, -0.05) is 23.3 Å². The molecule has 0 fully saturated rings. The molecule has 0 saturated heterocycles. The lowest BCUT2D eigenvalue weighted by molar-refractivity contribution is 5.63. The molecule has 0 aromatic rings. The molecule has 0 rings (SSSR count). The fourth-order valence-corrected chi connectivity index (χ4v) is 33.6. The maximum atomic E-state index is 4.03. The molecule has 0 amide bonds. The minimum Gasteiger partial charge on any atom is -0.0988 e. The quantitative estimate of drug-likeness (QED) is 0.136. The van der Waals surface area contributed by atoms with Crippen molar-refractivity contribution in [1.29, 1.82) is 0 Å². The van der Waals surface area contributed by atoms with Crippen LogP contribution in [0.4, 0.5) is 0 Å². The van der Waals surface area contributed by atoms with E-state index in [0.717, 1.165) is 0 Å². The first-order chi connectivity index (χ1) is 7.91. The monoisotopic (exact) mass is 514 g/mol. The fraction of sp³-hybridized carbons (Fsp3) is 0. The zero-order valence-electron chi connectivity index (χ0n) is 6.61. The van der Waals surface area contributed by atoms with Crippen LogP contribution in [0, 0.1) is 0 Å². The Bertz CT molecular complexity index is 92.6. The molecule has 16 heavy (non-hydrogen) atoms. The smallest absolute Gasteiger partial charge is 0.0000000000000225 e. The zero-order valence-corrected chi connectivity index (χ0v) is 19.8. The molecule has 16 heteroatoms. The average Bonchev–Trinajstić information content (AvgIpc) is 2.31. The summed E-state index contributed by atoms with van der Waals surface area (Å²) in [6, 6.07) is 0. The van der Waals surface area contributed by atoms with Gasteiger partial charge < -0.3 is 0 Å². The predicted octanol–water partition coefficient (Wildman–Crippen LogP) is 9.84. The maximum absolute atomic E-state index is 4.03. The highest BCUT2D eigenvalue weighted by atomic mass is 34.0. The van der Waals surface area contributed by atoms with Crippen LogP contribution in [0.1, 0.15) is 0 Å². The Morgan fingerprint density at radius 3 is 0.688 bits per heavy atom. The van der Waals surface area contributed by atoms with Gasteiger partial charge in [0.05, 0.1) is 0 Å². The largest absolute Gasteiger partial charge is 0.0988 e. The Hall–Kier alpha value is 5.60. The van der Waals surface area contributed by atoms with Gasteiger partial charge in [-0.05, 0) is 138 Å². The fourth-order valence-electron chi connectivity index (χ4n) is 0.138. The van der Waals surface area contributed by atoms with Crippen LogP contribution in [-0.4, -0.2) is 0 Å². The van der Waals surface area contributed by atoms with E-state index in [1.165, 1.54) is 19.7 Å². The van der Waals surface area contributed by atoms with E-state index in [1.807, 2.05) is 0 Å². The highest BCUT2D eigenvalue weighted by molar-refractivity contribution is 9.57. The summed E-state index contributed by atoms with van der Waals surface area (Å²) in [6.07, 6.45) is 0. The number of thiol groups is 2. The molecule has 0 spiro atoms. The molecule has 98 valence electrons. The zero-order chi connectivity index (χ0) is 11.9. The van der Waals surface area contributed by atoms with Gasteiger partial charge in [0.15, 0.2) is 0 Å². The first-order valence-corrected chi connectivity index (χ1v) is 22.8. The van der Waals surface area contributed by atoms with Crippen molar-refractivity contribution in [3.63, 3.8) is 0 Å². The van der Waals surface area contributed by atoms with Gasteiger partial charge in [0.1, 0.15) is 0 Å². The summed E-state index contributed by atoms with van der Waals surface area (Å²) >= 11 is 8.06. The van der Waals surface area contributed by atoms with E-state index in [9.17, 15) is 0 Å². The summed E-state index contributed by atoms with van der Waals surface area (Å²) in [5.41, 5.74) is 0. The van der Waals surface area contributed by atoms with Crippen LogP contribution < -0.4 is 0 Å². The lowest BCUT2D eigenvalue weighted by atomic mass is 30.1. The van der Waals surface area contributed by atoms with E-state index in [2.05, 4.69) is 23.3 Å². The number of rotatable bonds is 13. The molecule has 0 N–H and O–H groups in total. The van der Waals surface area contributed by atoms with Gasteiger partial charge in [-0.3, -0.25) is 0 Å². The van der Waals surface area contributed by atoms with Crippen molar-refractivity contribution in [1.82, 2.24) is 0 Å². The minimum atomic E-state index is 1.48. The second kappa shape index (κ2) is 20.6. The molecular formula is H2S16. The molecule has 0 unspecified atom stereocenters. The van der Waals surface area contributed by atoms with Crippen LogP contribution in [0.3, 0.4) is 0 Å². The molecule has 0 heterocycles. The summed E-state index contributed by atoms with van der Waals surface area (Å²) in [7, 11) is 24.1. The van der Waals surface area contributed by atoms with Gasteiger partial charge >= 0.3 is 0 Å². The third-order valence-corrected chi connectivity index (χ3v) is 29.7. The van der Waals surface area contributed by atoms with Gasteiger partial charge in [-0.25, -0.2) is 0 Å². The third kappa shape index (κ3) is 19.6. The summed E-state index contributed by atoms with van der Waals surface area (Å²) in [4.78, 5) is 0. The van der Waals surface area contributed by atoms with E-state index >= 15 is 0 Å². The van der Waals surface area contributed by atoms with Crippen LogP contribution >= 0.6 is 161 Å². The van der Waals surface area contributed by atoms with Crippen molar-refractivity contribution in [2.24, 2.45) is 0 Å². The van der Waals surface area contributed by atoms with Crippen LogP contribution in [-0.2, 0) is 0 Å². The summed E-state index contributed by atoms with van der Waals surface area (Å²) in [6.45, 7) is 0. The van der Waals surface area contributed by atoms with Crippen LogP contribution in [0.15, 0.2) is 0 Å². The lowest BCUT2D eigenvalue weighted by Gasteiger charge is -1.97. The van der Waals surface area contributed by atoms with E-state index in [0.29, 0.717) is 0 Å². The predicted molar refractivity (Wildman–Crippen MR) is 124 cm³/mol. The number of hydrogen-bond donors (Lipinski definition) is 2.